The Morgan fingerprint density at radius 1 is 1.43 bits per heavy atom. The fraction of sp³-hybridized carbons (Fsp3) is 0.500. The van der Waals surface area contributed by atoms with E-state index in [4.69, 9.17) is 5.11 Å². The topological polar surface area (TPSA) is 113 Å². The average Bonchev–Trinajstić information content (AvgIpc) is 1.98. The molecule has 0 spiro atoms. The molecule has 0 aromatic rings. The Morgan fingerprint density at radius 2 is 1.93 bits per heavy atom. The SMILES string of the molecule is COC(CC(=O)[O-])C(=O)OC(=O)O.[Na+]. The van der Waals surface area contributed by atoms with E-state index in [1.807, 2.05) is 0 Å². The summed E-state index contributed by atoms with van der Waals surface area (Å²) in [6, 6.07) is 0. The Morgan fingerprint density at radius 3 is 2.21 bits per heavy atom. The van der Waals surface area contributed by atoms with Crippen LogP contribution in [-0.4, -0.2) is 36.4 Å². The molecule has 74 valence electrons. The Hall–Kier alpha value is -0.630. The summed E-state index contributed by atoms with van der Waals surface area (Å²) in [7, 11) is 1.05. The first kappa shape index (κ1) is 15.8. The smallest absolute Gasteiger partial charge is 0.550 e. The summed E-state index contributed by atoms with van der Waals surface area (Å²) in [5, 5.41) is 18.0. The van der Waals surface area contributed by atoms with Crippen LogP contribution in [-0.2, 0) is 19.1 Å². The molecule has 1 N–H and O–H groups in total. The van der Waals surface area contributed by atoms with Gasteiger partial charge in [-0.25, -0.2) is 9.59 Å². The third-order valence-electron chi connectivity index (χ3n) is 1.09. The largest absolute Gasteiger partial charge is 1.00 e. The molecule has 8 heteroatoms. The molecule has 0 bridgehead atoms. The molecule has 0 amide bonds. The molecule has 0 aliphatic heterocycles. The molecule has 0 aliphatic carbocycles. The number of esters is 1. The van der Waals surface area contributed by atoms with Gasteiger partial charge >= 0.3 is 41.7 Å². The predicted molar refractivity (Wildman–Crippen MR) is 34.5 cm³/mol. The van der Waals surface area contributed by atoms with Crippen LogP contribution in [0.2, 0.25) is 0 Å². The summed E-state index contributed by atoms with van der Waals surface area (Å²) in [5.74, 6) is -2.81. The van der Waals surface area contributed by atoms with Crippen LogP contribution >= 0.6 is 0 Å². The van der Waals surface area contributed by atoms with Crippen molar-refractivity contribution in [3.05, 3.63) is 0 Å². The maximum atomic E-state index is 10.7. The van der Waals surface area contributed by atoms with E-state index in [9.17, 15) is 19.5 Å². The van der Waals surface area contributed by atoms with E-state index in [1.54, 1.807) is 0 Å². The van der Waals surface area contributed by atoms with Crippen molar-refractivity contribution in [3.63, 3.8) is 0 Å². The van der Waals surface area contributed by atoms with Crippen LogP contribution in [0.3, 0.4) is 0 Å². The number of aliphatic carboxylic acids is 1. The minimum absolute atomic E-state index is 0. The van der Waals surface area contributed by atoms with Gasteiger partial charge in [-0.05, 0) is 0 Å². The van der Waals surface area contributed by atoms with Gasteiger partial charge in [0.25, 0.3) is 0 Å². The molecule has 0 saturated heterocycles. The number of carboxylic acid groups (broad SMARTS) is 2. The maximum absolute atomic E-state index is 10.7. The molecule has 14 heavy (non-hydrogen) atoms. The van der Waals surface area contributed by atoms with Crippen LogP contribution in [0.4, 0.5) is 4.79 Å². The normalized spacial score (nSPS) is 10.9. The van der Waals surface area contributed by atoms with Gasteiger partial charge in [0.05, 0.1) is 0 Å². The van der Waals surface area contributed by atoms with Gasteiger partial charge in [-0.3, -0.25) is 0 Å². The van der Waals surface area contributed by atoms with Crippen LogP contribution in [0, 0.1) is 0 Å². The molecule has 0 fully saturated rings. The Balaban J connectivity index is 0. The minimum Gasteiger partial charge on any atom is -0.550 e. The maximum Gasteiger partial charge on any atom is 1.00 e. The zero-order chi connectivity index (χ0) is 10.4. The third-order valence-corrected chi connectivity index (χ3v) is 1.09. The molecule has 0 aromatic carbocycles. The fourth-order valence-electron chi connectivity index (χ4n) is 0.566. The summed E-state index contributed by atoms with van der Waals surface area (Å²) in [6.45, 7) is 0. The quantitative estimate of drug-likeness (QED) is 0.284. The zero-order valence-corrected chi connectivity index (χ0v) is 9.68. The zero-order valence-electron chi connectivity index (χ0n) is 7.68. The fourth-order valence-corrected chi connectivity index (χ4v) is 0.566. The van der Waals surface area contributed by atoms with Crippen LogP contribution in [0.15, 0.2) is 0 Å². The number of methoxy groups -OCH3 is 1. The number of carboxylic acids is 1. The molecule has 1 unspecified atom stereocenters. The van der Waals surface area contributed by atoms with Crippen molar-refractivity contribution in [1.82, 2.24) is 0 Å². The summed E-state index contributed by atoms with van der Waals surface area (Å²) < 4.78 is 8.03. The number of carbonyl (C=O) groups is 3. The second-order valence-corrected chi connectivity index (χ2v) is 1.99. The molecule has 0 saturated carbocycles. The van der Waals surface area contributed by atoms with Crippen LogP contribution in [0.5, 0.6) is 0 Å². The van der Waals surface area contributed by atoms with E-state index in [2.05, 4.69) is 9.47 Å². The summed E-state index contributed by atoms with van der Waals surface area (Å²) in [4.78, 5) is 30.6. The number of carbonyl (C=O) groups excluding carboxylic acids is 2. The molecule has 1 atom stereocenters. The molecule has 0 aromatic heterocycles. The molecule has 0 radical (unpaired) electrons. The predicted octanol–water partition coefficient (Wildman–Crippen LogP) is -4.63. The van der Waals surface area contributed by atoms with Crippen LogP contribution < -0.4 is 34.7 Å². The van der Waals surface area contributed by atoms with E-state index in [-0.39, 0.29) is 29.6 Å². The van der Waals surface area contributed by atoms with E-state index in [0.29, 0.717) is 0 Å². The third kappa shape index (κ3) is 6.84. The molecule has 7 nitrogen and oxygen atoms in total. The van der Waals surface area contributed by atoms with Gasteiger partial charge in [0.2, 0.25) is 0 Å². The number of rotatable bonds is 4. The first-order valence-corrected chi connectivity index (χ1v) is 3.14. The Bertz CT molecular complexity index is 226. The first-order chi connectivity index (χ1) is 5.97. The van der Waals surface area contributed by atoms with E-state index in [1.165, 1.54) is 0 Å². The van der Waals surface area contributed by atoms with Gasteiger partial charge < -0.3 is 24.5 Å². The van der Waals surface area contributed by atoms with Gasteiger partial charge in [-0.1, -0.05) is 0 Å². The van der Waals surface area contributed by atoms with Crippen molar-refractivity contribution in [2.75, 3.05) is 7.11 Å². The molecule has 0 heterocycles. The standard InChI is InChI=1S/C6H8O7.Na/c1-12-3(2-4(7)8)5(9)13-6(10)11;/h3H,2H2,1H3,(H,7,8)(H,10,11);/q;+1/p-1. The van der Waals surface area contributed by atoms with Gasteiger partial charge in [-0.15, -0.1) is 0 Å². The van der Waals surface area contributed by atoms with Crippen molar-refractivity contribution in [1.29, 1.82) is 0 Å². The van der Waals surface area contributed by atoms with Gasteiger partial charge in [0, 0.05) is 19.5 Å². The van der Waals surface area contributed by atoms with Crippen molar-refractivity contribution >= 4 is 18.1 Å². The Kier molecular flexibility index (Phi) is 8.75. The van der Waals surface area contributed by atoms with Crippen molar-refractivity contribution < 1.29 is 63.6 Å². The molecular formula is C6H7NaO7. The molecule has 0 rings (SSSR count). The minimum atomic E-state index is -1.81. The van der Waals surface area contributed by atoms with Crippen molar-refractivity contribution in [3.8, 4) is 0 Å². The summed E-state index contributed by atoms with van der Waals surface area (Å²) in [5.41, 5.74) is 0. The summed E-state index contributed by atoms with van der Waals surface area (Å²) in [6.07, 6.45) is -4.02. The Labute approximate surface area is 101 Å². The number of ether oxygens (including phenoxy) is 2. The van der Waals surface area contributed by atoms with Gasteiger partial charge in [-0.2, -0.15) is 0 Å². The second kappa shape index (κ2) is 7.74. The molecule has 0 aliphatic rings. The van der Waals surface area contributed by atoms with E-state index in [0.717, 1.165) is 7.11 Å². The van der Waals surface area contributed by atoms with Crippen LogP contribution in [0.1, 0.15) is 6.42 Å². The van der Waals surface area contributed by atoms with Crippen LogP contribution in [0.25, 0.3) is 0 Å². The first-order valence-electron chi connectivity index (χ1n) is 3.14. The average molecular weight is 214 g/mol. The van der Waals surface area contributed by atoms with E-state index < -0.39 is 30.6 Å². The monoisotopic (exact) mass is 214 g/mol. The number of hydrogen-bond donors (Lipinski definition) is 1. The van der Waals surface area contributed by atoms with Gasteiger partial charge in [0.1, 0.15) is 0 Å². The second-order valence-electron chi connectivity index (χ2n) is 1.99. The summed E-state index contributed by atoms with van der Waals surface area (Å²) >= 11 is 0. The molecular weight excluding hydrogens is 207 g/mol. The van der Waals surface area contributed by atoms with E-state index >= 15 is 0 Å². The van der Waals surface area contributed by atoms with Crippen molar-refractivity contribution in [2.45, 2.75) is 12.5 Å². The number of hydrogen-bond acceptors (Lipinski definition) is 6. The van der Waals surface area contributed by atoms with Crippen molar-refractivity contribution in [2.24, 2.45) is 0 Å². The van der Waals surface area contributed by atoms with Gasteiger partial charge in [0.15, 0.2) is 6.10 Å².